The van der Waals surface area contributed by atoms with Gasteiger partial charge in [0.15, 0.2) is 0 Å². The van der Waals surface area contributed by atoms with Crippen LogP contribution in [0.15, 0.2) is 39.0 Å². The van der Waals surface area contributed by atoms with Crippen LogP contribution in [0.1, 0.15) is 45.1 Å². The van der Waals surface area contributed by atoms with Gasteiger partial charge in [-0.2, -0.15) is 9.29 Å². The maximum Gasteiger partial charge on any atom is 0.270 e. The maximum atomic E-state index is 12.7. The van der Waals surface area contributed by atoms with Gasteiger partial charge in [0.05, 0.1) is 11.6 Å². The van der Waals surface area contributed by atoms with Gasteiger partial charge in [0.1, 0.15) is 5.65 Å². The highest BCUT2D eigenvalue weighted by atomic mass is 32.2. The Morgan fingerprint density at radius 1 is 1.21 bits per heavy atom. The lowest BCUT2D eigenvalue weighted by Gasteiger charge is -2.31. The number of aromatic nitrogens is 4. The Bertz CT molecular complexity index is 1310. The zero-order valence-corrected chi connectivity index (χ0v) is 19.8. The molecule has 2 fully saturated rings. The van der Waals surface area contributed by atoms with E-state index in [2.05, 4.69) is 20.3 Å². The van der Waals surface area contributed by atoms with Gasteiger partial charge in [0.25, 0.3) is 15.6 Å². The summed E-state index contributed by atoms with van der Waals surface area (Å²) >= 11 is 1.12. The fourth-order valence-electron chi connectivity index (χ4n) is 4.82. The largest absolute Gasteiger partial charge is 0.388 e. The van der Waals surface area contributed by atoms with E-state index in [4.69, 9.17) is 0 Å². The second kappa shape index (κ2) is 8.42. The highest BCUT2D eigenvalue weighted by Crippen LogP contribution is 2.39. The lowest BCUT2D eigenvalue weighted by molar-refractivity contribution is 0.0267. The van der Waals surface area contributed by atoms with Crippen LogP contribution in [0.25, 0.3) is 11.0 Å². The van der Waals surface area contributed by atoms with Gasteiger partial charge in [-0.3, -0.25) is 9.36 Å². The van der Waals surface area contributed by atoms with Crippen molar-refractivity contribution < 1.29 is 13.5 Å². The Balaban J connectivity index is 1.35. The topological polar surface area (TPSA) is 130 Å². The molecule has 1 saturated carbocycles. The molecule has 0 radical (unpaired) electrons. The fraction of sp³-hybridized carbons (Fsp3) is 0.524. The van der Waals surface area contributed by atoms with Gasteiger partial charge >= 0.3 is 0 Å². The summed E-state index contributed by atoms with van der Waals surface area (Å²) in [6, 6.07) is 2.86. The number of rotatable bonds is 5. The van der Waals surface area contributed by atoms with Crippen molar-refractivity contribution in [2.45, 2.75) is 61.1 Å². The Morgan fingerprint density at radius 3 is 2.67 bits per heavy atom. The summed E-state index contributed by atoms with van der Waals surface area (Å²) in [5.74, 6) is 0.390. The molecule has 1 aliphatic carbocycles. The van der Waals surface area contributed by atoms with E-state index in [1.807, 2.05) is 0 Å². The second-order valence-electron chi connectivity index (χ2n) is 8.90. The van der Waals surface area contributed by atoms with E-state index >= 15 is 0 Å². The van der Waals surface area contributed by atoms with Gasteiger partial charge in [-0.05, 0) is 45.1 Å². The number of nitrogens with zero attached hydrogens (tertiary/aromatic N) is 5. The molecule has 0 bridgehead atoms. The Kier molecular flexibility index (Phi) is 5.71. The SMILES string of the molecule is C[C@@]1(O)CCC[C@H]1n1c(=O)ccc2cnc(NC3CCN(S(=O)(=O)c4nccs4)CC3)nc21. The minimum Gasteiger partial charge on any atom is -0.388 e. The molecule has 2 N–H and O–H groups in total. The number of pyridine rings is 1. The van der Waals surface area contributed by atoms with Gasteiger partial charge < -0.3 is 10.4 Å². The highest BCUT2D eigenvalue weighted by molar-refractivity contribution is 7.91. The number of hydrogen-bond acceptors (Lipinski definition) is 9. The van der Waals surface area contributed by atoms with E-state index in [1.54, 1.807) is 29.1 Å². The summed E-state index contributed by atoms with van der Waals surface area (Å²) < 4.78 is 28.5. The molecule has 10 nitrogen and oxygen atoms in total. The molecule has 2 atom stereocenters. The molecule has 33 heavy (non-hydrogen) atoms. The monoisotopic (exact) mass is 490 g/mol. The first-order valence-corrected chi connectivity index (χ1v) is 13.3. The summed E-state index contributed by atoms with van der Waals surface area (Å²) in [5.41, 5.74) is -0.664. The van der Waals surface area contributed by atoms with Crippen molar-refractivity contribution in [3.8, 4) is 0 Å². The van der Waals surface area contributed by atoms with Crippen molar-refractivity contribution in [1.29, 1.82) is 0 Å². The zero-order chi connectivity index (χ0) is 23.2. The average molecular weight is 491 g/mol. The van der Waals surface area contributed by atoms with Crippen LogP contribution in [-0.2, 0) is 10.0 Å². The molecule has 4 heterocycles. The van der Waals surface area contributed by atoms with Crippen molar-refractivity contribution in [2.24, 2.45) is 0 Å². The highest BCUT2D eigenvalue weighted by Gasteiger charge is 2.39. The second-order valence-corrected chi connectivity index (χ2v) is 11.9. The van der Waals surface area contributed by atoms with Crippen LogP contribution in [0.4, 0.5) is 5.95 Å². The van der Waals surface area contributed by atoms with Crippen LogP contribution < -0.4 is 10.9 Å². The summed E-state index contributed by atoms with van der Waals surface area (Å²) in [6.45, 7) is 2.52. The molecule has 0 spiro atoms. The fourth-order valence-corrected chi connectivity index (χ4v) is 7.25. The van der Waals surface area contributed by atoms with E-state index < -0.39 is 15.6 Å². The molecule has 0 unspecified atom stereocenters. The van der Waals surface area contributed by atoms with Crippen LogP contribution in [0, 0.1) is 0 Å². The predicted molar refractivity (Wildman–Crippen MR) is 125 cm³/mol. The van der Waals surface area contributed by atoms with E-state index in [-0.39, 0.29) is 22.0 Å². The predicted octanol–water partition coefficient (Wildman–Crippen LogP) is 1.99. The molecular formula is C21H26N6O4S2. The molecule has 3 aromatic heterocycles. The van der Waals surface area contributed by atoms with Crippen molar-refractivity contribution in [1.82, 2.24) is 23.8 Å². The summed E-state index contributed by atoms with van der Waals surface area (Å²) in [7, 11) is -3.55. The maximum absolute atomic E-state index is 12.7. The zero-order valence-electron chi connectivity index (χ0n) is 18.2. The van der Waals surface area contributed by atoms with E-state index in [0.717, 1.165) is 23.1 Å². The third-order valence-electron chi connectivity index (χ3n) is 6.61. The van der Waals surface area contributed by atoms with Crippen molar-refractivity contribution in [3.63, 3.8) is 0 Å². The smallest absolute Gasteiger partial charge is 0.270 e. The average Bonchev–Trinajstić information content (AvgIpc) is 3.44. The van der Waals surface area contributed by atoms with Crippen molar-refractivity contribution in [3.05, 3.63) is 40.3 Å². The Morgan fingerprint density at radius 2 is 2.00 bits per heavy atom. The minimum atomic E-state index is -3.55. The molecule has 176 valence electrons. The first-order chi connectivity index (χ1) is 15.8. The summed E-state index contributed by atoms with van der Waals surface area (Å²) in [6.07, 6.45) is 6.57. The Labute approximate surface area is 195 Å². The number of fused-ring (bicyclic) bond motifs is 1. The molecule has 2 aliphatic rings. The number of aliphatic hydroxyl groups is 1. The summed E-state index contributed by atoms with van der Waals surface area (Å²) in [5, 5.41) is 16.5. The van der Waals surface area contributed by atoms with E-state index in [0.29, 0.717) is 50.4 Å². The van der Waals surface area contributed by atoms with Gasteiger partial charge in [0, 0.05) is 48.4 Å². The van der Waals surface area contributed by atoms with Crippen LogP contribution in [-0.4, -0.2) is 62.1 Å². The van der Waals surface area contributed by atoms with E-state index in [9.17, 15) is 18.3 Å². The van der Waals surface area contributed by atoms with Crippen LogP contribution in [0.5, 0.6) is 0 Å². The molecule has 5 rings (SSSR count). The molecule has 12 heteroatoms. The third-order valence-corrected chi connectivity index (χ3v) is 9.69. The minimum absolute atomic E-state index is 0.00340. The first-order valence-electron chi connectivity index (χ1n) is 11.0. The molecule has 1 aliphatic heterocycles. The molecule has 3 aromatic rings. The van der Waals surface area contributed by atoms with Crippen LogP contribution in [0.2, 0.25) is 0 Å². The number of anilines is 1. The van der Waals surface area contributed by atoms with Crippen LogP contribution in [0.3, 0.4) is 0 Å². The first kappa shape index (κ1) is 22.4. The molecule has 0 amide bonds. The standard InChI is InChI=1S/C21H26N6O4S2/c1-21(29)8-2-3-16(21)27-17(28)5-4-14-13-23-19(25-18(14)27)24-15-6-10-26(11-7-15)33(30,31)20-22-9-12-32-20/h4-5,9,12-13,15-16,29H,2-3,6-8,10-11H2,1H3,(H,23,24,25)/t16-,21-/m1/s1. The van der Waals surface area contributed by atoms with Crippen LogP contribution >= 0.6 is 11.3 Å². The molecule has 0 aromatic carbocycles. The van der Waals surface area contributed by atoms with Crippen molar-refractivity contribution in [2.75, 3.05) is 18.4 Å². The van der Waals surface area contributed by atoms with Crippen molar-refractivity contribution >= 4 is 38.3 Å². The van der Waals surface area contributed by atoms with Gasteiger partial charge in [-0.15, -0.1) is 11.3 Å². The number of thiazole rings is 1. The summed E-state index contributed by atoms with van der Waals surface area (Å²) in [4.78, 5) is 25.7. The normalized spacial score (nSPS) is 25.0. The van der Waals surface area contributed by atoms with Gasteiger partial charge in [-0.1, -0.05) is 0 Å². The van der Waals surface area contributed by atoms with Gasteiger partial charge in [-0.25, -0.2) is 18.4 Å². The number of piperidine rings is 1. The van der Waals surface area contributed by atoms with Gasteiger partial charge in [0.2, 0.25) is 10.3 Å². The number of hydrogen-bond donors (Lipinski definition) is 2. The quantitative estimate of drug-likeness (QED) is 0.555. The molecule has 1 saturated heterocycles. The lowest BCUT2D eigenvalue weighted by atomic mass is 10.00. The lowest BCUT2D eigenvalue weighted by Crippen LogP contribution is -2.42. The third kappa shape index (κ3) is 4.16. The number of sulfonamides is 1. The molecular weight excluding hydrogens is 464 g/mol. The van der Waals surface area contributed by atoms with E-state index in [1.165, 1.54) is 16.6 Å². The Hall–Kier alpha value is -2.41. The number of nitrogens with one attached hydrogen (secondary N) is 1.